The third-order valence-corrected chi connectivity index (χ3v) is 3.64. The molecule has 6 heteroatoms. The van der Waals surface area contributed by atoms with Gasteiger partial charge in [-0.3, -0.25) is 9.59 Å². The maximum absolute atomic E-state index is 11.9. The number of carbonyl (C=O) groups excluding carboxylic acids is 2. The van der Waals surface area contributed by atoms with Gasteiger partial charge in [-0.2, -0.15) is 0 Å². The molecule has 0 aromatic heterocycles. The second kappa shape index (κ2) is 6.02. The fourth-order valence-corrected chi connectivity index (χ4v) is 2.36. The number of amides is 1. The van der Waals surface area contributed by atoms with E-state index in [1.54, 1.807) is 18.2 Å². The van der Waals surface area contributed by atoms with E-state index in [0.29, 0.717) is 21.7 Å². The number of nitrogens with one attached hydrogen (secondary N) is 1. The van der Waals surface area contributed by atoms with Gasteiger partial charge in [0.05, 0.1) is 5.92 Å². The molecule has 108 valence electrons. The van der Waals surface area contributed by atoms with Gasteiger partial charge >= 0.3 is 5.97 Å². The zero-order valence-electron chi connectivity index (χ0n) is 11.2. The SMILES string of the molecule is CC(OC(=O)C1CC1C)C(=O)Nc1cc(Cl)cc(Cl)c1. The van der Waals surface area contributed by atoms with Gasteiger partial charge in [0.1, 0.15) is 0 Å². The molecule has 0 aliphatic heterocycles. The molecular formula is C14H15Cl2NO3. The summed E-state index contributed by atoms with van der Waals surface area (Å²) in [4.78, 5) is 23.6. The van der Waals surface area contributed by atoms with Crippen LogP contribution in [-0.2, 0) is 14.3 Å². The molecule has 0 saturated heterocycles. The molecule has 4 nitrogen and oxygen atoms in total. The zero-order chi connectivity index (χ0) is 14.9. The third-order valence-electron chi connectivity index (χ3n) is 3.20. The first-order chi connectivity index (χ1) is 9.36. The minimum absolute atomic E-state index is 0.0640. The van der Waals surface area contributed by atoms with Gasteiger partial charge in [0, 0.05) is 15.7 Å². The van der Waals surface area contributed by atoms with Crippen LogP contribution in [0, 0.1) is 11.8 Å². The summed E-state index contributed by atoms with van der Waals surface area (Å²) in [6.07, 6.45) is -0.0232. The number of hydrogen-bond donors (Lipinski definition) is 1. The van der Waals surface area contributed by atoms with Crippen LogP contribution >= 0.6 is 23.2 Å². The van der Waals surface area contributed by atoms with E-state index in [2.05, 4.69) is 5.32 Å². The molecule has 1 N–H and O–H groups in total. The fourth-order valence-electron chi connectivity index (χ4n) is 1.84. The van der Waals surface area contributed by atoms with Crippen molar-refractivity contribution in [2.75, 3.05) is 5.32 Å². The van der Waals surface area contributed by atoms with E-state index in [9.17, 15) is 9.59 Å². The molecule has 1 aromatic carbocycles. The summed E-state index contributed by atoms with van der Waals surface area (Å²) in [5.41, 5.74) is 0.468. The first-order valence-corrected chi connectivity index (χ1v) is 7.10. The maximum atomic E-state index is 11.9. The highest BCUT2D eigenvalue weighted by Crippen LogP contribution is 2.38. The molecule has 3 unspecified atom stereocenters. The van der Waals surface area contributed by atoms with E-state index in [4.69, 9.17) is 27.9 Å². The Morgan fingerprint density at radius 1 is 1.30 bits per heavy atom. The number of hydrogen-bond acceptors (Lipinski definition) is 3. The van der Waals surface area contributed by atoms with Crippen LogP contribution in [0.5, 0.6) is 0 Å². The topological polar surface area (TPSA) is 55.4 Å². The van der Waals surface area contributed by atoms with E-state index in [1.807, 2.05) is 6.92 Å². The molecule has 2 rings (SSSR count). The van der Waals surface area contributed by atoms with Crippen LogP contribution in [0.4, 0.5) is 5.69 Å². The van der Waals surface area contributed by atoms with E-state index < -0.39 is 12.0 Å². The van der Waals surface area contributed by atoms with Gasteiger partial charge in [-0.15, -0.1) is 0 Å². The highest BCUT2D eigenvalue weighted by Gasteiger charge is 2.41. The molecule has 1 aliphatic rings. The van der Waals surface area contributed by atoms with Crippen LogP contribution in [0.15, 0.2) is 18.2 Å². The zero-order valence-corrected chi connectivity index (χ0v) is 12.7. The van der Waals surface area contributed by atoms with Crippen molar-refractivity contribution in [1.82, 2.24) is 0 Å². The number of carbonyl (C=O) groups is 2. The highest BCUT2D eigenvalue weighted by atomic mass is 35.5. The van der Waals surface area contributed by atoms with E-state index in [-0.39, 0.29) is 11.9 Å². The van der Waals surface area contributed by atoms with Crippen LogP contribution in [0.1, 0.15) is 20.3 Å². The predicted molar refractivity (Wildman–Crippen MR) is 77.9 cm³/mol. The van der Waals surface area contributed by atoms with Crippen LogP contribution in [0.2, 0.25) is 10.0 Å². The lowest BCUT2D eigenvalue weighted by Crippen LogP contribution is -2.30. The number of esters is 1. The van der Waals surface area contributed by atoms with Crippen LogP contribution in [-0.4, -0.2) is 18.0 Å². The quantitative estimate of drug-likeness (QED) is 0.865. The molecular weight excluding hydrogens is 301 g/mol. The summed E-state index contributed by atoms with van der Waals surface area (Å²) < 4.78 is 5.12. The molecule has 20 heavy (non-hydrogen) atoms. The van der Waals surface area contributed by atoms with Crippen molar-refractivity contribution in [2.45, 2.75) is 26.4 Å². The van der Waals surface area contributed by atoms with Gasteiger partial charge in [0.2, 0.25) is 0 Å². The van der Waals surface area contributed by atoms with E-state index in [0.717, 1.165) is 6.42 Å². The Balaban J connectivity index is 1.91. The van der Waals surface area contributed by atoms with Crippen molar-refractivity contribution >= 4 is 40.8 Å². The summed E-state index contributed by atoms with van der Waals surface area (Å²) in [5, 5.41) is 3.46. The average molecular weight is 316 g/mol. The molecule has 1 aliphatic carbocycles. The lowest BCUT2D eigenvalue weighted by atomic mass is 10.3. The second-order valence-corrected chi connectivity index (χ2v) is 5.92. The van der Waals surface area contributed by atoms with Gasteiger partial charge in [-0.05, 0) is 37.5 Å². The largest absolute Gasteiger partial charge is 0.452 e. The molecule has 0 spiro atoms. The lowest BCUT2D eigenvalue weighted by Gasteiger charge is -2.13. The third kappa shape index (κ3) is 3.87. The normalized spacial score (nSPS) is 22.0. The number of benzene rings is 1. The smallest absolute Gasteiger partial charge is 0.309 e. The average Bonchev–Trinajstić information content (AvgIpc) is 3.04. The number of anilines is 1. The van der Waals surface area contributed by atoms with Crippen molar-refractivity contribution in [3.05, 3.63) is 28.2 Å². The Labute approximate surface area is 127 Å². The van der Waals surface area contributed by atoms with Gasteiger partial charge in [-0.1, -0.05) is 30.1 Å². The standard InChI is InChI=1S/C14H15Cl2NO3/c1-7-3-12(7)14(19)20-8(2)13(18)17-11-5-9(15)4-10(16)6-11/h4-8,12H,3H2,1-2H3,(H,17,18). The molecule has 1 fully saturated rings. The molecule has 1 saturated carbocycles. The van der Waals surface area contributed by atoms with Crippen LogP contribution in [0.3, 0.4) is 0 Å². The summed E-state index contributed by atoms with van der Waals surface area (Å²) in [6.45, 7) is 3.51. The first-order valence-electron chi connectivity index (χ1n) is 6.34. The lowest BCUT2D eigenvalue weighted by molar-refractivity contribution is -0.154. The minimum atomic E-state index is -0.854. The predicted octanol–water partition coefficient (Wildman–Crippen LogP) is 3.52. The Morgan fingerprint density at radius 3 is 2.35 bits per heavy atom. The fraction of sp³-hybridized carbons (Fsp3) is 0.429. The van der Waals surface area contributed by atoms with E-state index in [1.165, 1.54) is 6.92 Å². The Morgan fingerprint density at radius 2 is 1.85 bits per heavy atom. The van der Waals surface area contributed by atoms with Gasteiger partial charge in [0.25, 0.3) is 5.91 Å². The monoisotopic (exact) mass is 315 g/mol. The van der Waals surface area contributed by atoms with Gasteiger partial charge in [-0.25, -0.2) is 0 Å². The van der Waals surface area contributed by atoms with Crippen molar-refractivity contribution in [1.29, 1.82) is 0 Å². The van der Waals surface area contributed by atoms with E-state index >= 15 is 0 Å². The van der Waals surface area contributed by atoms with Crippen molar-refractivity contribution < 1.29 is 14.3 Å². The Bertz CT molecular complexity index is 527. The number of ether oxygens (including phenoxy) is 1. The second-order valence-electron chi connectivity index (χ2n) is 5.05. The summed E-state index contributed by atoms with van der Waals surface area (Å²) >= 11 is 11.7. The summed E-state index contributed by atoms with van der Waals surface area (Å²) in [5.74, 6) is -0.440. The Hall–Kier alpha value is -1.26. The van der Waals surface area contributed by atoms with Gasteiger partial charge < -0.3 is 10.1 Å². The highest BCUT2D eigenvalue weighted by molar-refractivity contribution is 6.35. The minimum Gasteiger partial charge on any atom is -0.452 e. The van der Waals surface area contributed by atoms with Gasteiger partial charge in [0.15, 0.2) is 6.10 Å². The molecule has 0 radical (unpaired) electrons. The Kier molecular flexibility index (Phi) is 4.55. The summed E-state index contributed by atoms with van der Waals surface area (Å²) in [7, 11) is 0. The molecule has 0 bridgehead atoms. The number of rotatable bonds is 4. The van der Waals surface area contributed by atoms with Crippen LogP contribution < -0.4 is 5.32 Å². The number of halogens is 2. The maximum Gasteiger partial charge on any atom is 0.309 e. The van der Waals surface area contributed by atoms with Crippen LogP contribution in [0.25, 0.3) is 0 Å². The molecule has 1 aromatic rings. The first kappa shape index (κ1) is 15.1. The molecule has 1 amide bonds. The summed E-state index contributed by atoms with van der Waals surface area (Å²) in [6, 6.07) is 4.71. The molecule has 0 heterocycles. The molecule has 3 atom stereocenters. The van der Waals surface area contributed by atoms with Crippen molar-refractivity contribution in [3.63, 3.8) is 0 Å². The van der Waals surface area contributed by atoms with Crippen molar-refractivity contribution in [3.8, 4) is 0 Å². The van der Waals surface area contributed by atoms with Crippen molar-refractivity contribution in [2.24, 2.45) is 11.8 Å².